The highest BCUT2D eigenvalue weighted by Crippen LogP contribution is 2.45. The number of aryl methyl sites for hydroxylation is 1. The Kier molecular flexibility index (Phi) is 5.96. The molecule has 1 aromatic carbocycles. The number of methoxy groups -OCH3 is 1. The van der Waals surface area contributed by atoms with Gasteiger partial charge in [-0.05, 0) is 30.9 Å². The Morgan fingerprint density at radius 3 is 1.95 bits per heavy atom. The average molecular weight is 324 g/mol. The summed E-state index contributed by atoms with van der Waals surface area (Å²) in [6.45, 7) is 3.29. The van der Waals surface area contributed by atoms with E-state index >= 15 is 0 Å². The molecule has 0 aliphatic rings. The molecule has 0 heterocycles. The second-order valence-corrected chi connectivity index (χ2v) is 5.61. The lowest BCUT2D eigenvalue weighted by Gasteiger charge is -2.33. The van der Waals surface area contributed by atoms with Gasteiger partial charge in [0.25, 0.3) is 0 Å². The molecule has 0 spiro atoms. The van der Waals surface area contributed by atoms with Gasteiger partial charge in [0, 0.05) is 7.11 Å². The first-order valence-corrected chi connectivity index (χ1v) is 7.15. The predicted molar refractivity (Wildman–Crippen MR) is 75.0 cm³/mol. The summed E-state index contributed by atoms with van der Waals surface area (Å²) in [4.78, 5) is 0. The Balaban J connectivity index is 2.98. The third kappa shape index (κ3) is 4.41. The van der Waals surface area contributed by atoms with Gasteiger partial charge < -0.3 is 4.74 Å². The van der Waals surface area contributed by atoms with E-state index in [1.54, 1.807) is 24.3 Å². The van der Waals surface area contributed by atoms with Gasteiger partial charge in [0.2, 0.25) is 0 Å². The van der Waals surface area contributed by atoms with Crippen molar-refractivity contribution >= 4 is 0 Å². The summed E-state index contributed by atoms with van der Waals surface area (Å²) in [6.07, 6.45) is -4.18. The predicted octanol–water partition coefficient (Wildman–Crippen LogP) is 5.48. The maximum atomic E-state index is 13.3. The largest absolute Gasteiger partial charge is 0.453 e. The fourth-order valence-corrected chi connectivity index (χ4v) is 2.22. The van der Waals surface area contributed by atoms with Crippen molar-refractivity contribution in [2.45, 2.75) is 57.2 Å². The van der Waals surface area contributed by atoms with Crippen molar-refractivity contribution in [1.29, 1.82) is 0 Å². The van der Waals surface area contributed by atoms with Crippen molar-refractivity contribution in [3.8, 4) is 0 Å². The van der Waals surface area contributed by atoms with E-state index in [1.807, 2.05) is 0 Å². The van der Waals surface area contributed by atoms with Crippen LogP contribution in [-0.2, 0) is 16.8 Å². The van der Waals surface area contributed by atoms with E-state index < -0.39 is 24.1 Å². The molecule has 6 heteroatoms. The maximum Gasteiger partial charge on any atom is 0.453 e. The average Bonchev–Trinajstić information content (AvgIpc) is 2.43. The summed E-state index contributed by atoms with van der Waals surface area (Å²) < 4.78 is 68.9. The van der Waals surface area contributed by atoms with Gasteiger partial charge in [-0.25, -0.2) is 0 Å². The molecular weight excluding hydrogens is 303 g/mol. The second-order valence-electron chi connectivity index (χ2n) is 5.61. The molecule has 126 valence electrons. The van der Waals surface area contributed by atoms with Crippen LogP contribution in [0.25, 0.3) is 0 Å². The van der Waals surface area contributed by atoms with E-state index in [1.165, 1.54) is 6.92 Å². The zero-order chi connectivity index (χ0) is 17.0. The molecule has 1 aromatic rings. The Labute approximate surface area is 127 Å². The first kappa shape index (κ1) is 18.9. The summed E-state index contributed by atoms with van der Waals surface area (Å²) in [5.74, 6) is -4.81. The quantitative estimate of drug-likeness (QED) is 0.604. The van der Waals surface area contributed by atoms with Gasteiger partial charge in [-0.1, -0.05) is 37.6 Å². The third-order valence-corrected chi connectivity index (χ3v) is 3.81. The van der Waals surface area contributed by atoms with E-state index in [4.69, 9.17) is 4.74 Å². The fourth-order valence-electron chi connectivity index (χ4n) is 2.22. The van der Waals surface area contributed by atoms with Crippen LogP contribution in [0.2, 0.25) is 0 Å². The number of halogens is 5. The molecule has 0 aliphatic heterocycles. The summed E-state index contributed by atoms with van der Waals surface area (Å²) >= 11 is 0. The number of unbranched alkanes of at least 4 members (excludes halogenated alkanes) is 1. The fraction of sp³-hybridized carbons (Fsp3) is 0.625. The smallest absolute Gasteiger partial charge is 0.374 e. The lowest BCUT2D eigenvalue weighted by molar-refractivity contribution is -0.298. The van der Waals surface area contributed by atoms with E-state index in [0.29, 0.717) is 5.56 Å². The zero-order valence-corrected chi connectivity index (χ0v) is 12.9. The standard InChI is InChI=1S/C16H21F5O/c1-4-5-6-12-7-9-13(10-8-12)14(2,22-3)11-15(17,18)16(19,20)21/h7-10H,4-6,11H2,1-3H3. The highest BCUT2D eigenvalue weighted by Gasteiger charge is 2.60. The van der Waals surface area contributed by atoms with Crippen molar-refractivity contribution in [1.82, 2.24) is 0 Å². The van der Waals surface area contributed by atoms with Crippen molar-refractivity contribution in [2.24, 2.45) is 0 Å². The van der Waals surface area contributed by atoms with Crippen LogP contribution in [0.1, 0.15) is 44.2 Å². The van der Waals surface area contributed by atoms with Crippen LogP contribution in [0.15, 0.2) is 24.3 Å². The highest BCUT2D eigenvalue weighted by molar-refractivity contribution is 5.27. The lowest BCUT2D eigenvalue weighted by atomic mass is 9.88. The summed E-state index contributed by atoms with van der Waals surface area (Å²) in [6, 6.07) is 6.60. The first-order valence-electron chi connectivity index (χ1n) is 7.15. The molecule has 22 heavy (non-hydrogen) atoms. The van der Waals surface area contributed by atoms with Crippen LogP contribution in [0.4, 0.5) is 22.0 Å². The minimum atomic E-state index is -5.59. The van der Waals surface area contributed by atoms with E-state index in [9.17, 15) is 22.0 Å². The van der Waals surface area contributed by atoms with Crippen LogP contribution < -0.4 is 0 Å². The summed E-state index contributed by atoms with van der Waals surface area (Å²) in [5.41, 5.74) is -0.381. The molecular formula is C16H21F5O. The van der Waals surface area contributed by atoms with Gasteiger partial charge in [0.15, 0.2) is 0 Å². The Bertz CT molecular complexity index is 466. The van der Waals surface area contributed by atoms with Gasteiger partial charge in [-0.2, -0.15) is 22.0 Å². The van der Waals surface area contributed by atoms with Crippen molar-refractivity contribution in [3.63, 3.8) is 0 Å². The molecule has 1 nitrogen and oxygen atoms in total. The molecule has 1 rings (SSSR count). The van der Waals surface area contributed by atoms with E-state index in [-0.39, 0.29) is 0 Å². The molecule has 0 bridgehead atoms. The Morgan fingerprint density at radius 1 is 1.00 bits per heavy atom. The molecule has 1 atom stereocenters. The van der Waals surface area contributed by atoms with E-state index in [2.05, 4.69) is 6.92 Å². The molecule has 0 amide bonds. The zero-order valence-electron chi connectivity index (χ0n) is 12.9. The van der Waals surface area contributed by atoms with Gasteiger partial charge in [0.05, 0.1) is 12.0 Å². The molecule has 0 fully saturated rings. The molecule has 0 N–H and O–H groups in total. The second kappa shape index (κ2) is 6.94. The molecule has 0 radical (unpaired) electrons. The number of ether oxygens (including phenoxy) is 1. The van der Waals surface area contributed by atoms with Gasteiger partial charge in [0.1, 0.15) is 0 Å². The topological polar surface area (TPSA) is 9.23 Å². The summed E-state index contributed by atoms with van der Waals surface area (Å²) in [7, 11) is 1.14. The Morgan fingerprint density at radius 2 is 1.55 bits per heavy atom. The minimum absolute atomic E-state index is 0.305. The molecule has 0 saturated carbocycles. The first-order chi connectivity index (χ1) is 10.1. The van der Waals surface area contributed by atoms with Gasteiger partial charge >= 0.3 is 12.1 Å². The SMILES string of the molecule is CCCCc1ccc(C(C)(CC(F)(F)C(F)(F)F)OC)cc1. The van der Waals surface area contributed by atoms with Gasteiger partial charge in [-0.15, -0.1) is 0 Å². The molecule has 0 aromatic heterocycles. The highest BCUT2D eigenvalue weighted by atomic mass is 19.4. The van der Waals surface area contributed by atoms with Gasteiger partial charge in [-0.3, -0.25) is 0 Å². The molecule has 0 saturated heterocycles. The number of benzene rings is 1. The van der Waals surface area contributed by atoms with Crippen LogP contribution in [-0.4, -0.2) is 19.2 Å². The maximum absolute atomic E-state index is 13.3. The number of rotatable bonds is 7. The van der Waals surface area contributed by atoms with Crippen LogP contribution in [0.5, 0.6) is 0 Å². The van der Waals surface area contributed by atoms with E-state index in [0.717, 1.165) is 31.9 Å². The molecule has 0 aliphatic carbocycles. The number of alkyl halides is 5. The monoisotopic (exact) mass is 324 g/mol. The van der Waals surface area contributed by atoms with Crippen LogP contribution in [0.3, 0.4) is 0 Å². The van der Waals surface area contributed by atoms with Crippen molar-refractivity contribution < 1.29 is 26.7 Å². The number of hydrogen-bond donors (Lipinski definition) is 0. The summed E-state index contributed by atoms with van der Waals surface area (Å²) in [5, 5.41) is 0. The normalized spacial score (nSPS) is 15.6. The van der Waals surface area contributed by atoms with Crippen molar-refractivity contribution in [3.05, 3.63) is 35.4 Å². The molecule has 1 unspecified atom stereocenters. The Hall–Kier alpha value is -1.17. The number of hydrogen-bond acceptors (Lipinski definition) is 1. The van der Waals surface area contributed by atoms with Crippen LogP contribution >= 0.6 is 0 Å². The van der Waals surface area contributed by atoms with Crippen LogP contribution in [0, 0.1) is 0 Å². The lowest BCUT2D eigenvalue weighted by Crippen LogP contribution is -2.43. The minimum Gasteiger partial charge on any atom is -0.374 e. The van der Waals surface area contributed by atoms with Crippen molar-refractivity contribution in [2.75, 3.05) is 7.11 Å². The third-order valence-electron chi connectivity index (χ3n) is 3.81.